The van der Waals surface area contributed by atoms with Crippen molar-refractivity contribution >= 4 is 22.9 Å². The van der Waals surface area contributed by atoms with Gasteiger partial charge in [-0.3, -0.25) is 0 Å². The second-order valence-corrected chi connectivity index (χ2v) is 5.38. The Hall–Kier alpha value is -1.03. The van der Waals surface area contributed by atoms with E-state index < -0.39 is 0 Å². The van der Waals surface area contributed by atoms with Crippen molar-refractivity contribution in [3.05, 3.63) is 51.2 Å². The van der Waals surface area contributed by atoms with Crippen molar-refractivity contribution in [2.45, 2.75) is 12.8 Å². The minimum atomic E-state index is 0.599. The van der Waals surface area contributed by atoms with Crippen LogP contribution in [0.1, 0.15) is 10.4 Å². The summed E-state index contributed by atoms with van der Waals surface area (Å²) in [6, 6.07) is 9.96. The molecule has 1 aromatic heterocycles. The SMILES string of the molecule is NCCc1cccc(Cl)c1OCCc1cccs1. The molecule has 0 saturated heterocycles. The van der Waals surface area contributed by atoms with Gasteiger partial charge in [0.25, 0.3) is 0 Å². The summed E-state index contributed by atoms with van der Waals surface area (Å²) in [4.78, 5) is 1.32. The smallest absolute Gasteiger partial charge is 0.141 e. The molecular formula is C14H16ClNOS. The molecule has 0 bridgehead atoms. The summed E-state index contributed by atoms with van der Waals surface area (Å²) >= 11 is 7.91. The maximum absolute atomic E-state index is 6.16. The van der Waals surface area contributed by atoms with Gasteiger partial charge in [-0.1, -0.05) is 29.8 Å². The van der Waals surface area contributed by atoms with Crippen molar-refractivity contribution in [3.63, 3.8) is 0 Å². The van der Waals surface area contributed by atoms with E-state index in [0.29, 0.717) is 18.2 Å². The molecule has 2 rings (SSSR count). The highest BCUT2D eigenvalue weighted by atomic mass is 35.5. The van der Waals surface area contributed by atoms with E-state index in [1.807, 2.05) is 18.2 Å². The zero-order valence-electron chi connectivity index (χ0n) is 10.1. The number of thiophene rings is 1. The van der Waals surface area contributed by atoms with Crippen LogP contribution in [0.3, 0.4) is 0 Å². The summed E-state index contributed by atoms with van der Waals surface area (Å²) in [5.41, 5.74) is 6.67. The molecule has 0 amide bonds. The third-order valence-electron chi connectivity index (χ3n) is 2.64. The van der Waals surface area contributed by atoms with Gasteiger partial charge in [0.1, 0.15) is 5.75 Å². The van der Waals surface area contributed by atoms with Crippen LogP contribution in [0.25, 0.3) is 0 Å². The largest absolute Gasteiger partial charge is 0.491 e. The highest BCUT2D eigenvalue weighted by molar-refractivity contribution is 7.09. The summed E-state index contributed by atoms with van der Waals surface area (Å²) in [6.45, 7) is 1.24. The zero-order valence-corrected chi connectivity index (χ0v) is 11.6. The number of nitrogens with two attached hydrogens (primary N) is 1. The molecule has 0 atom stereocenters. The topological polar surface area (TPSA) is 35.2 Å². The van der Waals surface area contributed by atoms with E-state index in [0.717, 1.165) is 24.2 Å². The molecule has 0 saturated carbocycles. The fraction of sp³-hybridized carbons (Fsp3) is 0.286. The summed E-state index contributed by atoms with van der Waals surface area (Å²) in [5, 5.41) is 2.73. The molecule has 2 aromatic rings. The number of ether oxygens (including phenoxy) is 1. The first-order chi connectivity index (χ1) is 8.81. The van der Waals surface area contributed by atoms with Crippen molar-refractivity contribution < 1.29 is 4.74 Å². The third kappa shape index (κ3) is 3.48. The second kappa shape index (κ2) is 6.78. The lowest BCUT2D eigenvalue weighted by atomic mass is 10.1. The molecule has 0 fully saturated rings. The van der Waals surface area contributed by atoms with Crippen LogP contribution in [0.15, 0.2) is 35.7 Å². The molecule has 0 radical (unpaired) electrons. The Bertz CT molecular complexity index is 485. The average molecular weight is 282 g/mol. The lowest BCUT2D eigenvalue weighted by molar-refractivity contribution is 0.320. The Morgan fingerprint density at radius 1 is 1.17 bits per heavy atom. The molecule has 96 valence electrons. The van der Waals surface area contributed by atoms with Crippen molar-refractivity contribution in [1.82, 2.24) is 0 Å². The first kappa shape index (κ1) is 13.4. The molecule has 4 heteroatoms. The zero-order chi connectivity index (χ0) is 12.8. The molecule has 1 heterocycles. The highest BCUT2D eigenvalue weighted by Crippen LogP contribution is 2.29. The van der Waals surface area contributed by atoms with Gasteiger partial charge in [-0.05, 0) is 36.0 Å². The fourth-order valence-corrected chi connectivity index (χ4v) is 2.71. The van der Waals surface area contributed by atoms with Gasteiger partial charge in [0, 0.05) is 11.3 Å². The van der Waals surface area contributed by atoms with Crippen molar-refractivity contribution in [1.29, 1.82) is 0 Å². The molecule has 0 aliphatic rings. The van der Waals surface area contributed by atoms with Crippen LogP contribution in [0.5, 0.6) is 5.75 Å². The van der Waals surface area contributed by atoms with Gasteiger partial charge in [-0.15, -0.1) is 11.3 Å². The normalized spacial score (nSPS) is 10.6. The minimum absolute atomic E-state index is 0.599. The van der Waals surface area contributed by atoms with Crippen LogP contribution in [0.4, 0.5) is 0 Å². The lowest BCUT2D eigenvalue weighted by Crippen LogP contribution is -2.07. The summed E-state index contributed by atoms with van der Waals surface area (Å²) in [6.07, 6.45) is 1.69. The molecule has 0 aliphatic heterocycles. The molecule has 0 unspecified atom stereocenters. The molecule has 2 N–H and O–H groups in total. The van der Waals surface area contributed by atoms with Gasteiger partial charge in [0.15, 0.2) is 0 Å². The van der Waals surface area contributed by atoms with Crippen molar-refractivity contribution in [2.75, 3.05) is 13.2 Å². The quantitative estimate of drug-likeness (QED) is 0.879. The molecule has 18 heavy (non-hydrogen) atoms. The van der Waals surface area contributed by atoms with Gasteiger partial charge in [-0.25, -0.2) is 0 Å². The minimum Gasteiger partial charge on any atom is -0.491 e. The van der Waals surface area contributed by atoms with Crippen molar-refractivity contribution in [2.24, 2.45) is 5.73 Å². The van der Waals surface area contributed by atoms with Crippen LogP contribution in [-0.2, 0) is 12.8 Å². The van der Waals surface area contributed by atoms with Gasteiger partial charge in [-0.2, -0.15) is 0 Å². The van der Waals surface area contributed by atoms with E-state index in [-0.39, 0.29) is 0 Å². The molecule has 2 nitrogen and oxygen atoms in total. The van der Waals surface area contributed by atoms with Crippen LogP contribution >= 0.6 is 22.9 Å². The third-order valence-corrected chi connectivity index (χ3v) is 3.87. The van der Waals surface area contributed by atoms with Crippen molar-refractivity contribution in [3.8, 4) is 5.75 Å². The first-order valence-corrected chi connectivity index (χ1v) is 7.19. The Morgan fingerprint density at radius 2 is 2.06 bits per heavy atom. The highest BCUT2D eigenvalue weighted by Gasteiger charge is 2.07. The van der Waals surface area contributed by atoms with E-state index >= 15 is 0 Å². The van der Waals surface area contributed by atoms with Gasteiger partial charge in [0.2, 0.25) is 0 Å². The molecule has 0 aliphatic carbocycles. The Balaban J connectivity index is 1.99. The van der Waals surface area contributed by atoms with Gasteiger partial charge >= 0.3 is 0 Å². The van der Waals surface area contributed by atoms with Crippen LogP contribution in [0.2, 0.25) is 5.02 Å². The Kier molecular flexibility index (Phi) is 5.05. The van der Waals surface area contributed by atoms with Gasteiger partial charge in [0.05, 0.1) is 11.6 Å². The predicted octanol–water partition coefficient (Wildman–Crippen LogP) is 3.52. The predicted molar refractivity (Wildman–Crippen MR) is 77.7 cm³/mol. The lowest BCUT2D eigenvalue weighted by Gasteiger charge is -2.12. The standard InChI is InChI=1S/C14H16ClNOS/c15-13-5-1-3-11(6-8-16)14(13)17-9-7-12-4-2-10-18-12/h1-5,10H,6-9,16H2. The number of rotatable bonds is 6. The van der Waals surface area contributed by atoms with E-state index in [1.54, 1.807) is 11.3 Å². The molecular weight excluding hydrogens is 266 g/mol. The van der Waals surface area contributed by atoms with Crippen LogP contribution in [-0.4, -0.2) is 13.2 Å². The Morgan fingerprint density at radius 3 is 2.78 bits per heavy atom. The van der Waals surface area contributed by atoms with E-state index in [9.17, 15) is 0 Å². The average Bonchev–Trinajstić information content (AvgIpc) is 2.86. The summed E-state index contributed by atoms with van der Waals surface area (Å²) in [5.74, 6) is 0.779. The van der Waals surface area contributed by atoms with Crippen LogP contribution in [0, 0.1) is 0 Å². The Labute approximate surface area is 116 Å². The number of para-hydroxylation sites is 1. The number of hydrogen-bond acceptors (Lipinski definition) is 3. The number of halogens is 1. The molecule has 1 aromatic carbocycles. The molecule has 0 spiro atoms. The summed E-state index contributed by atoms with van der Waals surface area (Å²) in [7, 11) is 0. The number of hydrogen-bond donors (Lipinski definition) is 1. The first-order valence-electron chi connectivity index (χ1n) is 5.94. The van der Waals surface area contributed by atoms with Gasteiger partial charge < -0.3 is 10.5 Å². The summed E-state index contributed by atoms with van der Waals surface area (Å²) < 4.78 is 5.81. The van der Waals surface area contributed by atoms with E-state index in [4.69, 9.17) is 22.1 Å². The monoisotopic (exact) mass is 281 g/mol. The maximum atomic E-state index is 6.16. The van der Waals surface area contributed by atoms with E-state index in [1.165, 1.54) is 4.88 Å². The maximum Gasteiger partial charge on any atom is 0.141 e. The number of benzene rings is 1. The van der Waals surface area contributed by atoms with Crippen LogP contribution < -0.4 is 10.5 Å². The van der Waals surface area contributed by atoms with E-state index in [2.05, 4.69) is 17.5 Å². The second-order valence-electron chi connectivity index (χ2n) is 3.94. The fourth-order valence-electron chi connectivity index (χ4n) is 1.78.